The number of hydrogen-bond acceptors (Lipinski definition) is 6. The van der Waals surface area contributed by atoms with E-state index in [0.717, 1.165) is 69.6 Å². The Hall–Kier alpha value is -1.59. The van der Waals surface area contributed by atoms with Crippen LogP contribution in [0.15, 0.2) is 0 Å². The van der Waals surface area contributed by atoms with Gasteiger partial charge in [0.2, 0.25) is 0 Å². The molecule has 0 radical (unpaired) electrons. The van der Waals surface area contributed by atoms with Crippen molar-refractivity contribution in [3.63, 3.8) is 0 Å². The van der Waals surface area contributed by atoms with E-state index in [4.69, 9.17) is 14.2 Å². The second-order valence-corrected chi connectivity index (χ2v) is 18.2. The lowest BCUT2D eigenvalue weighted by Crippen LogP contribution is -2.30. The number of hydrogen-bond donors (Lipinski definition) is 0. The summed E-state index contributed by atoms with van der Waals surface area (Å²) in [5.74, 6) is 0.857. The smallest absolute Gasteiger partial charge is 0.306 e. The zero-order chi connectivity index (χ0) is 41.9. The fourth-order valence-corrected chi connectivity index (χ4v) is 7.60. The van der Waals surface area contributed by atoms with Crippen LogP contribution < -0.4 is 0 Å². The monoisotopic (exact) mass is 807 g/mol. The zero-order valence-corrected chi connectivity index (χ0v) is 39.0. The van der Waals surface area contributed by atoms with Crippen molar-refractivity contribution in [1.29, 1.82) is 0 Å². The van der Waals surface area contributed by atoms with E-state index in [9.17, 15) is 14.4 Å². The van der Waals surface area contributed by atoms with E-state index >= 15 is 0 Å². The summed E-state index contributed by atoms with van der Waals surface area (Å²) in [6.07, 6.45) is 43.7. The SMILES string of the molecule is CCCCCCCCCCCC(=O)O[C@H](COC(=O)CCCCCCCCCCCCCCCC(C)C)COC(=O)CCCCCCCCCCCCC(C)CC. The van der Waals surface area contributed by atoms with Gasteiger partial charge < -0.3 is 14.2 Å². The molecule has 2 atom stereocenters. The molecule has 0 aliphatic rings. The van der Waals surface area contributed by atoms with Gasteiger partial charge in [0.1, 0.15) is 13.2 Å². The molecule has 0 bridgehead atoms. The van der Waals surface area contributed by atoms with Gasteiger partial charge in [-0.05, 0) is 31.1 Å². The van der Waals surface area contributed by atoms with E-state index in [1.165, 1.54) is 167 Å². The van der Waals surface area contributed by atoms with Crippen molar-refractivity contribution in [2.45, 2.75) is 285 Å². The van der Waals surface area contributed by atoms with Gasteiger partial charge in [-0.1, -0.05) is 240 Å². The van der Waals surface area contributed by atoms with Gasteiger partial charge in [-0.15, -0.1) is 0 Å². The van der Waals surface area contributed by atoms with Crippen LogP contribution in [-0.2, 0) is 28.6 Å². The van der Waals surface area contributed by atoms with Crippen molar-refractivity contribution >= 4 is 17.9 Å². The Morgan fingerprint density at radius 3 is 1.00 bits per heavy atom. The summed E-state index contributed by atoms with van der Waals surface area (Å²) in [7, 11) is 0. The van der Waals surface area contributed by atoms with Gasteiger partial charge in [-0.25, -0.2) is 0 Å². The molecule has 0 saturated heterocycles. The highest BCUT2D eigenvalue weighted by molar-refractivity contribution is 5.71. The number of carbonyl (C=O) groups is 3. The van der Waals surface area contributed by atoms with Crippen LogP contribution in [-0.4, -0.2) is 37.2 Å². The van der Waals surface area contributed by atoms with Crippen LogP contribution in [0.2, 0.25) is 0 Å². The first-order valence-electron chi connectivity index (χ1n) is 25.3. The molecule has 0 aliphatic heterocycles. The zero-order valence-electron chi connectivity index (χ0n) is 39.0. The summed E-state index contributed by atoms with van der Waals surface area (Å²) >= 11 is 0. The van der Waals surface area contributed by atoms with Gasteiger partial charge >= 0.3 is 17.9 Å². The fraction of sp³-hybridized carbons (Fsp3) is 0.941. The highest BCUT2D eigenvalue weighted by atomic mass is 16.6. The Morgan fingerprint density at radius 1 is 0.368 bits per heavy atom. The Balaban J connectivity index is 4.26. The molecule has 0 spiro atoms. The van der Waals surface area contributed by atoms with Crippen molar-refractivity contribution in [3.05, 3.63) is 0 Å². The molecule has 0 rings (SSSR count). The largest absolute Gasteiger partial charge is 0.462 e. The normalized spacial score (nSPS) is 12.5. The molecule has 0 aliphatic carbocycles. The molecule has 0 N–H and O–H groups in total. The third-order valence-corrected chi connectivity index (χ3v) is 11.8. The molecule has 0 saturated carbocycles. The van der Waals surface area contributed by atoms with Crippen LogP contribution in [0.5, 0.6) is 0 Å². The first-order chi connectivity index (χ1) is 27.8. The lowest BCUT2D eigenvalue weighted by atomic mass is 9.99. The van der Waals surface area contributed by atoms with Crippen LogP contribution in [0, 0.1) is 11.8 Å². The second kappa shape index (κ2) is 44.0. The van der Waals surface area contributed by atoms with E-state index in [1.807, 2.05) is 0 Å². The Labute approximate surface area is 355 Å². The number of esters is 3. The lowest BCUT2D eigenvalue weighted by Gasteiger charge is -2.18. The second-order valence-electron chi connectivity index (χ2n) is 18.2. The van der Waals surface area contributed by atoms with Crippen LogP contribution in [0.25, 0.3) is 0 Å². The maximum Gasteiger partial charge on any atom is 0.306 e. The standard InChI is InChI=1S/C51H98O6/c1-6-8-9-10-11-19-28-33-38-43-51(54)57-48(45-56-50(53)42-37-32-27-23-18-17-21-25-30-35-40-47(5)7-2)44-55-49(52)41-36-31-26-22-16-14-12-13-15-20-24-29-34-39-46(3)4/h46-48H,6-45H2,1-5H3/t47?,48-/m1/s1. The summed E-state index contributed by atoms with van der Waals surface area (Å²) in [5, 5.41) is 0. The van der Waals surface area contributed by atoms with Gasteiger partial charge in [-0.2, -0.15) is 0 Å². The van der Waals surface area contributed by atoms with E-state index in [1.54, 1.807) is 0 Å². The van der Waals surface area contributed by atoms with Gasteiger partial charge in [0.15, 0.2) is 6.10 Å². The highest BCUT2D eigenvalue weighted by Crippen LogP contribution is 2.18. The van der Waals surface area contributed by atoms with Crippen molar-refractivity contribution in [2.24, 2.45) is 11.8 Å². The average Bonchev–Trinajstić information content (AvgIpc) is 3.19. The Kier molecular flexibility index (Phi) is 42.7. The first kappa shape index (κ1) is 55.4. The van der Waals surface area contributed by atoms with Crippen molar-refractivity contribution in [1.82, 2.24) is 0 Å². The minimum Gasteiger partial charge on any atom is -0.462 e. The minimum atomic E-state index is -0.760. The summed E-state index contributed by atoms with van der Waals surface area (Å²) in [5.41, 5.74) is 0. The molecule has 0 aromatic rings. The van der Waals surface area contributed by atoms with Gasteiger partial charge in [0.05, 0.1) is 0 Å². The van der Waals surface area contributed by atoms with E-state index in [0.29, 0.717) is 19.3 Å². The molecule has 0 heterocycles. The minimum absolute atomic E-state index is 0.0641. The lowest BCUT2D eigenvalue weighted by molar-refractivity contribution is -0.167. The molecule has 57 heavy (non-hydrogen) atoms. The molecular weight excluding hydrogens is 709 g/mol. The van der Waals surface area contributed by atoms with Crippen LogP contribution >= 0.6 is 0 Å². The number of rotatable bonds is 45. The fourth-order valence-electron chi connectivity index (χ4n) is 7.60. The van der Waals surface area contributed by atoms with Crippen molar-refractivity contribution in [3.8, 4) is 0 Å². The Bertz CT molecular complexity index is 872. The quantitative estimate of drug-likeness (QED) is 0.0346. The third-order valence-electron chi connectivity index (χ3n) is 11.8. The maximum absolute atomic E-state index is 12.7. The average molecular weight is 807 g/mol. The van der Waals surface area contributed by atoms with Crippen molar-refractivity contribution < 1.29 is 28.6 Å². The van der Waals surface area contributed by atoms with E-state index in [-0.39, 0.29) is 31.1 Å². The maximum atomic E-state index is 12.7. The van der Waals surface area contributed by atoms with E-state index < -0.39 is 6.10 Å². The summed E-state index contributed by atoms with van der Waals surface area (Å²) < 4.78 is 16.8. The molecule has 6 nitrogen and oxygen atoms in total. The molecule has 0 amide bonds. The summed E-state index contributed by atoms with van der Waals surface area (Å²) in [6.45, 7) is 11.4. The molecule has 6 heteroatoms. The number of unbranched alkanes of at least 4 members (excludes halogenated alkanes) is 29. The molecule has 0 aromatic carbocycles. The Morgan fingerprint density at radius 2 is 0.667 bits per heavy atom. The summed E-state index contributed by atoms with van der Waals surface area (Å²) in [6, 6.07) is 0. The molecule has 338 valence electrons. The highest BCUT2D eigenvalue weighted by Gasteiger charge is 2.19. The predicted molar refractivity (Wildman–Crippen MR) is 243 cm³/mol. The van der Waals surface area contributed by atoms with Crippen molar-refractivity contribution in [2.75, 3.05) is 13.2 Å². The first-order valence-corrected chi connectivity index (χ1v) is 25.3. The van der Waals surface area contributed by atoms with E-state index in [2.05, 4.69) is 34.6 Å². The third kappa shape index (κ3) is 43.8. The van der Waals surface area contributed by atoms with Gasteiger partial charge in [0.25, 0.3) is 0 Å². The summed E-state index contributed by atoms with van der Waals surface area (Å²) in [4.78, 5) is 37.8. The number of ether oxygens (including phenoxy) is 3. The van der Waals surface area contributed by atoms with Gasteiger partial charge in [-0.3, -0.25) is 14.4 Å². The molecule has 0 fully saturated rings. The number of carbonyl (C=O) groups excluding carboxylic acids is 3. The van der Waals surface area contributed by atoms with Crippen LogP contribution in [0.1, 0.15) is 279 Å². The van der Waals surface area contributed by atoms with Gasteiger partial charge in [0, 0.05) is 19.3 Å². The molecular formula is C51H98O6. The van der Waals surface area contributed by atoms with Crippen LogP contribution in [0.3, 0.4) is 0 Å². The molecule has 0 aromatic heterocycles. The predicted octanol–water partition coefficient (Wildman–Crippen LogP) is 16.1. The van der Waals surface area contributed by atoms with Crippen LogP contribution in [0.4, 0.5) is 0 Å². The topological polar surface area (TPSA) is 78.9 Å². The molecule has 1 unspecified atom stereocenters.